The van der Waals surface area contributed by atoms with Gasteiger partial charge in [-0.2, -0.15) is 0 Å². The summed E-state index contributed by atoms with van der Waals surface area (Å²) in [6, 6.07) is 5.19. The first kappa shape index (κ1) is 10.7. The maximum atomic E-state index is 11.1. The zero-order valence-electron chi connectivity index (χ0n) is 9.19. The van der Waals surface area contributed by atoms with Crippen LogP contribution in [0.25, 0.3) is 5.57 Å². The lowest BCUT2D eigenvalue weighted by molar-refractivity contribution is -0.114. The van der Waals surface area contributed by atoms with Gasteiger partial charge in [-0.05, 0) is 42.7 Å². The van der Waals surface area contributed by atoms with E-state index in [9.17, 15) is 9.90 Å². The van der Waals surface area contributed by atoms with Crippen molar-refractivity contribution in [3.63, 3.8) is 0 Å². The fourth-order valence-electron chi connectivity index (χ4n) is 1.81. The van der Waals surface area contributed by atoms with Crippen molar-refractivity contribution >= 4 is 11.4 Å². The molecule has 0 heterocycles. The molecule has 0 fully saturated rings. The predicted molar refractivity (Wildman–Crippen MR) is 61.5 cm³/mol. The number of rotatable bonds is 3. The van der Waals surface area contributed by atoms with Crippen LogP contribution in [0.4, 0.5) is 0 Å². The summed E-state index contributed by atoms with van der Waals surface area (Å²) in [5, 5.41) is 9.55. The summed E-state index contributed by atoms with van der Waals surface area (Å²) in [6.07, 6.45) is 3.03. The van der Waals surface area contributed by atoms with Crippen LogP contribution in [0, 0.1) is 0 Å². The maximum Gasteiger partial charge on any atom is 0.161 e. The van der Waals surface area contributed by atoms with Crippen molar-refractivity contribution in [3.8, 4) is 11.5 Å². The quantitative estimate of drug-likeness (QED) is 0.848. The second kappa shape index (κ2) is 4.39. The number of phenolic OH excluding ortho intramolecular Hbond substituents is 1. The summed E-state index contributed by atoms with van der Waals surface area (Å²) in [5.41, 5.74) is 1.97. The lowest BCUT2D eigenvalue weighted by Gasteiger charge is -2.08. The van der Waals surface area contributed by atoms with E-state index in [4.69, 9.17) is 4.74 Å². The Bertz CT molecular complexity index is 446. The van der Waals surface area contributed by atoms with Gasteiger partial charge in [-0.1, -0.05) is 6.07 Å². The van der Waals surface area contributed by atoms with Gasteiger partial charge in [-0.15, -0.1) is 0 Å². The third kappa shape index (κ3) is 2.08. The average Bonchev–Trinajstić information content (AvgIpc) is 2.69. The molecule has 1 aliphatic carbocycles. The molecule has 0 amide bonds. The second-order valence-electron chi connectivity index (χ2n) is 3.75. The summed E-state index contributed by atoms with van der Waals surface area (Å²) in [6.45, 7) is 2.37. The molecule has 0 radical (unpaired) electrons. The smallest absolute Gasteiger partial charge is 0.161 e. The Kier molecular flexibility index (Phi) is 2.95. The highest BCUT2D eigenvalue weighted by Gasteiger charge is 2.14. The molecule has 16 heavy (non-hydrogen) atoms. The van der Waals surface area contributed by atoms with Crippen LogP contribution in [0.5, 0.6) is 11.5 Å². The number of allylic oxidation sites excluding steroid dienone is 2. The van der Waals surface area contributed by atoms with Crippen molar-refractivity contribution in [2.24, 2.45) is 0 Å². The molecule has 0 atom stereocenters. The van der Waals surface area contributed by atoms with E-state index >= 15 is 0 Å². The molecule has 0 spiro atoms. The average molecular weight is 218 g/mol. The van der Waals surface area contributed by atoms with E-state index in [2.05, 4.69) is 0 Å². The largest absolute Gasteiger partial charge is 0.504 e. The Morgan fingerprint density at radius 2 is 2.19 bits per heavy atom. The van der Waals surface area contributed by atoms with Crippen LogP contribution < -0.4 is 4.74 Å². The molecule has 3 heteroatoms. The summed E-state index contributed by atoms with van der Waals surface area (Å²) in [4.78, 5) is 11.1. The zero-order valence-corrected chi connectivity index (χ0v) is 9.19. The highest BCUT2D eigenvalue weighted by atomic mass is 16.5. The Morgan fingerprint density at radius 1 is 1.38 bits per heavy atom. The number of benzene rings is 1. The third-order valence-corrected chi connectivity index (χ3v) is 2.61. The molecule has 3 nitrogen and oxygen atoms in total. The molecular weight excluding hydrogens is 204 g/mol. The molecule has 0 unspecified atom stereocenters. The van der Waals surface area contributed by atoms with Crippen molar-refractivity contribution in [2.75, 3.05) is 6.61 Å². The molecule has 2 rings (SSSR count). The lowest BCUT2D eigenvalue weighted by Crippen LogP contribution is -1.93. The van der Waals surface area contributed by atoms with E-state index in [1.807, 2.05) is 13.0 Å². The first-order chi connectivity index (χ1) is 7.70. The fraction of sp³-hybridized carbons (Fsp3) is 0.308. The van der Waals surface area contributed by atoms with E-state index < -0.39 is 0 Å². The minimum atomic E-state index is 0.135. The van der Waals surface area contributed by atoms with Crippen LogP contribution in [0.2, 0.25) is 0 Å². The van der Waals surface area contributed by atoms with Crippen LogP contribution in [0.1, 0.15) is 25.3 Å². The van der Waals surface area contributed by atoms with Crippen molar-refractivity contribution in [1.29, 1.82) is 0 Å². The SMILES string of the molecule is CCOc1cc(C2=CC(=O)CC2)ccc1O. The van der Waals surface area contributed by atoms with Crippen LogP contribution in [-0.4, -0.2) is 17.5 Å². The van der Waals surface area contributed by atoms with Gasteiger partial charge in [0.05, 0.1) is 6.61 Å². The van der Waals surface area contributed by atoms with Gasteiger partial charge in [-0.3, -0.25) is 4.79 Å². The number of aromatic hydroxyl groups is 1. The molecule has 1 aromatic rings. The molecule has 0 aliphatic heterocycles. The van der Waals surface area contributed by atoms with E-state index in [-0.39, 0.29) is 11.5 Å². The Hall–Kier alpha value is -1.77. The number of hydrogen-bond donors (Lipinski definition) is 1. The Balaban J connectivity index is 2.32. The van der Waals surface area contributed by atoms with Gasteiger partial charge in [0.15, 0.2) is 17.3 Å². The van der Waals surface area contributed by atoms with E-state index in [0.29, 0.717) is 18.8 Å². The topological polar surface area (TPSA) is 46.5 Å². The zero-order chi connectivity index (χ0) is 11.5. The van der Waals surface area contributed by atoms with Crippen molar-refractivity contribution in [2.45, 2.75) is 19.8 Å². The molecule has 1 aliphatic rings. The number of carbonyl (C=O) groups is 1. The van der Waals surface area contributed by atoms with Gasteiger partial charge in [0.1, 0.15) is 0 Å². The molecule has 0 saturated carbocycles. The molecule has 0 aromatic heterocycles. The van der Waals surface area contributed by atoms with Gasteiger partial charge in [0.25, 0.3) is 0 Å². The summed E-state index contributed by atoms with van der Waals surface area (Å²) < 4.78 is 5.30. The highest BCUT2D eigenvalue weighted by molar-refractivity contribution is 6.01. The van der Waals surface area contributed by atoms with Gasteiger partial charge in [0.2, 0.25) is 0 Å². The van der Waals surface area contributed by atoms with Crippen LogP contribution in [-0.2, 0) is 4.79 Å². The minimum absolute atomic E-state index is 0.135. The highest BCUT2D eigenvalue weighted by Crippen LogP contribution is 2.33. The number of phenols is 1. The molecule has 84 valence electrons. The number of ether oxygens (including phenoxy) is 1. The van der Waals surface area contributed by atoms with Gasteiger partial charge >= 0.3 is 0 Å². The molecular formula is C13H14O3. The van der Waals surface area contributed by atoms with E-state index in [0.717, 1.165) is 17.6 Å². The summed E-state index contributed by atoms with van der Waals surface area (Å²) in [7, 11) is 0. The van der Waals surface area contributed by atoms with E-state index in [1.165, 1.54) is 0 Å². The number of hydrogen-bond acceptors (Lipinski definition) is 3. The molecule has 1 N–H and O–H groups in total. The monoisotopic (exact) mass is 218 g/mol. The standard InChI is InChI=1S/C13H14O3/c1-2-16-13-8-10(4-6-12(13)15)9-3-5-11(14)7-9/h4,6-8,15H,2-3,5H2,1H3. The minimum Gasteiger partial charge on any atom is -0.504 e. The normalized spacial score (nSPS) is 15.1. The second-order valence-corrected chi connectivity index (χ2v) is 3.75. The number of carbonyl (C=O) groups excluding carboxylic acids is 1. The predicted octanol–water partition coefficient (Wildman–Crippen LogP) is 2.54. The van der Waals surface area contributed by atoms with Crippen molar-refractivity contribution < 1.29 is 14.6 Å². The van der Waals surface area contributed by atoms with Gasteiger partial charge in [-0.25, -0.2) is 0 Å². The first-order valence-electron chi connectivity index (χ1n) is 5.40. The third-order valence-electron chi connectivity index (χ3n) is 2.61. The van der Waals surface area contributed by atoms with Gasteiger partial charge < -0.3 is 9.84 Å². The number of ketones is 1. The van der Waals surface area contributed by atoms with Crippen LogP contribution >= 0.6 is 0 Å². The van der Waals surface area contributed by atoms with E-state index in [1.54, 1.807) is 18.2 Å². The molecule has 0 saturated heterocycles. The molecule has 1 aromatic carbocycles. The summed E-state index contributed by atoms with van der Waals surface area (Å²) in [5.74, 6) is 0.775. The first-order valence-corrected chi connectivity index (χ1v) is 5.40. The van der Waals surface area contributed by atoms with Crippen molar-refractivity contribution in [1.82, 2.24) is 0 Å². The lowest BCUT2D eigenvalue weighted by atomic mass is 10.1. The van der Waals surface area contributed by atoms with Crippen LogP contribution in [0.3, 0.4) is 0 Å². The maximum absolute atomic E-state index is 11.1. The van der Waals surface area contributed by atoms with Crippen molar-refractivity contribution in [3.05, 3.63) is 29.8 Å². The fourth-order valence-corrected chi connectivity index (χ4v) is 1.81. The molecule has 0 bridgehead atoms. The van der Waals surface area contributed by atoms with Gasteiger partial charge in [0, 0.05) is 6.42 Å². The van der Waals surface area contributed by atoms with Crippen LogP contribution in [0.15, 0.2) is 24.3 Å². The summed E-state index contributed by atoms with van der Waals surface area (Å²) >= 11 is 0. The Morgan fingerprint density at radius 3 is 2.81 bits per heavy atom. The Labute approximate surface area is 94.4 Å².